The number of imidazole rings is 1. The lowest BCUT2D eigenvalue weighted by molar-refractivity contribution is 0.318. The minimum atomic E-state index is 0.0550. The van der Waals surface area contributed by atoms with Crippen molar-refractivity contribution in [1.29, 1.82) is 0 Å². The van der Waals surface area contributed by atoms with Crippen LogP contribution in [0.15, 0.2) is 59.6 Å². The molecule has 3 aromatic rings. The number of aromatic amines is 1. The number of nitrogens with zero attached hydrogens (tertiary/aromatic N) is 2. The van der Waals surface area contributed by atoms with Crippen LogP contribution in [0.2, 0.25) is 0 Å². The fourth-order valence-electron chi connectivity index (χ4n) is 2.40. The Hall–Kier alpha value is -2.62. The number of aromatic nitrogens is 2. The Morgan fingerprint density at radius 3 is 2.65 bits per heavy atom. The first-order chi connectivity index (χ1) is 9.90. The average Bonchev–Trinajstić information content (AvgIpc) is 3.14. The molecule has 4 heteroatoms. The molecule has 1 atom stereocenters. The summed E-state index contributed by atoms with van der Waals surface area (Å²) in [4.78, 5) is 12.4. The van der Waals surface area contributed by atoms with Crippen LogP contribution in [0.5, 0.6) is 0 Å². The van der Waals surface area contributed by atoms with Crippen LogP contribution in [0.3, 0.4) is 0 Å². The Balaban J connectivity index is 1.69. The molecule has 4 rings (SSSR count). The van der Waals surface area contributed by atoms with Gasteiger partial charge in [0, 0.05) is 0 Å². The van der Waals surface area contributed by atoms with Crippen LogP contribution in [-0.2, 0) is 4.74 Å². The normalized spacial score (nSPS) is 18.0. The van der Waals surface area contributed by atoms with Crippen molar-refractivity contribution in [2.75, 3.05) is 6.61 Å². The third-order valence-electron chi connectivity index (χ3n) is 3.43. The van der Waals surface area contributed by atoms with Gasteiger partial charge in [0.1, 0.15) is 12.6 Å². The molecule has 2 heterocycles. The molecule has 1 N–H and O–H groups in total. The minimum absolute atomic E-state index is 0.0550. The van der Waals surface area contributed by atoms with Crippen molar-refractivity contribution in [2.45, 2.75) is 6.04 Å². The van der Waals surface area contributed by atoms with E-state index in [0.29, 0.717) is 18.3 Å². The quantitative estimate of drug-likeness (QED) is 0.772. The zero-order valence-corrected chi connectivity index (χ0v) is 10.8. The average molecular weight is 263 g/mol. The maximum atomic E-state index is 5.69. The van der Waals surface area contributed by atoms with Gasteiger partial charge in [-0.05, 0) is 17.7 Å². The van der Waals surface area contributed by atoms with Crippen molar-refractivity contribution in [3.05, 3.63) is 66.0 Å². The number of rotatable bonds is 2. The van der Waals surface area contributed by atoms with E-state index in [4.69, 9.17) is 4.74 Å². The van der Waals surface area contributed by atoms with Crippen molar-refractivity contribution in [2.24, 2.45) is 4.99 Å². The summed E-state index contributed by atoms with van der Waals surface area (Å²) in [7, 11) is 0. The summed E-state index contributed by atoms with van der Waals surface area (Å²) in [6.45, 7) is 0.566. The Labute approximate surface area is 116 Å². The molecule has 0 aliphatic carbocycles. The standard InChI is InChI=1S/C16H13N3O/c1-2-6-11(7-3-1)14-10-20-16(19-14)15-17-12-8-4-5-9-13(12)18-15/h1-9,14H,10H2,(H,17,18)/t14-/m1/s1. The molecule has 0 saturated carbocycles. The number of hydrogen-bond donors (Lipinski definition) is 1. The van der Waals surface area contributed by atoms with E-state index >= 15 is 0 Å². The molecular weight excluding hydrogens is 250 g/mol. The highest BCUT2D eigenvalue weighted by molar-refractivity contribution is 5.95. The molecule has 1 aromatic heterocycles. The summed E-state index contributed by atoms with van der Waals surface area (Å²) in [6, 6.07) is 18.1. The second kappa shape index (κ2) is 4.49. The van der Waals surface area contributed by atoms with E-state index in [-0.39, 0.29) is 6.04 Å². The van der Waals surface area contributed by atoms with E-state index in [2.05, 4.69) is 27.1 Å². The Morgan fingerprint density at radius 1 is 1.00 bits per heavy atom. The van der Waals surface area contributed by atoms with Crippen LogP contribution >= 0.6 is 0 Å². The van der Waals surface area contributed by atoms with Gasteiger partial charge in [-0.2, -0.15) is 0 Å². The summed E-state index contributed by atoms with van der Waals surface area (Å²) in [5.41, 5.74) is 3.09. The molecule has 98 valence electrons. The van der Waals surface area contributed by atoms with Crippen LogP contribution in [0, 0.1) is 0 Å². The van der Waals surface area contributed by atoms with Crippen LogP contribution < -0.4 is 0 Å². The van der Waals surface area contributed by atoms with Crippen LogP contribution in [0.4, 0.5) is 0 Å². The number of benzene rings is 2. The molecule has 1 aliphatic rings. The van der Waals surface area contributed by atoms with Gasteiger partial charge in [0.25, 0.3) is 5.90 Å². The maximum Gasteiger partial charge on any atom is 0.253 e. The van der Waals surface area contributed by atoms with Gasteiger partial charge < -0.3 is 9.72 Å². The minimum Gasteiger partial charge on any atom is -0.473 e. The number of H-pyrrole nitrogens is 1. The number of nitrogens with one attached hydrogen (secondary N) is 1. The highest BCUT2D eigenvalue weighted by atomic mass is 16.5. The summed E-state index contributed by atoms with van der Waals surface area (Å²) in [5.74, 6) is 1.29. The Kier molecular flexibility index (Phi) is 2.52. The van der Waals surface area contributed by atoms with Crippen LogP contribution in [0.1, 0.15) is 17.4 Å². The number of hydrogen-bond acceptors (Lipinski definition) is 3. The van der Waals surface area contributed by atoms with E-state index in [1.807, 2.05) is 42.5 Å². The lowest BCUT2D eigenvalue weighted by Crippen LogP contribution is -2.03. The van der Waals surface area contributed by atoms with Gasteiger partial charge >= 0.3 is 0 Å². The van der Waals surface area contributed by atoms with Gasteiger partial charge in [-0.1, -0.05) is 42.5 Å². The van der Waals surface area contributed by atoms with Crippen molar-refractivity contribution < 1.29 is 4.74 Å². The van der Waals surface area contributed by atoms with Gasteiger partial charge in [0.2, 0.25) is 0 Å². The lowest BCUT2D eigenvalue weighted by atomic mass is 10.1. The second-order valence-corrected chi connectivity index (χ2v) is 4.77. The fraction of sp³-hybridized carbons (Fsp3) is 0.125. The van der Waals surface area contributed by atoms with Crippen molar-refractivity contribution in [1.82, 2.24) is 9.97 Å². The molecule has 0 amide bonds. The Morgan fingerprint density at radius 2 is 1.80 bits per heavy atom. The SMILES string of the molecule is c1ccc([C@H]2COC(c3nc4ccccc4[nH]3)=N2)cc1. The third kappa shape index (κ3) is 1.86. The van der Waals surface area contributed by atoms with Crippen LogP contribution in [0.25, 0.3) is 11.0 Å². The fourth-order valence-corrected chi connectivity index (χ4v) is 2.40. The topological polar surface area (TPSA) is 50.3 Å². The zero-order valence-electron chi connectivity index (χ0n) is 10.8. The number of ether oxygens (including phenoxy) is 1. The van der Waals surface area contributed by atoms with Gasteiger partial charge in [-0.3, -0.25) is 0 Å². The summed E-state index contributed by atoms with van der Waals surface area (Å²) >= 11 is 0. The maximum absolute atomic E-state index is 5.69. The van der Waals surface area contributed by atoms with E-state index < -0.39 is 0 Å². The van der Waals surface area contributed by atoms with Gasteiger partial charge in [0.15, 0.2) is 5.82 Å². The predicted molar refractivity (Wildman–Crippen MR) is 77.8 cm³/mol. The molecule has 0 unspecified atom stereocenters. The number of aliphatic imine (C=N–C) groups is 1. The van der Waals surface area contributed by atoms with Gasteiger partial charge in [0.05, 0.1) is 11.0 Å². The molecule has 0 saturated heterocycles. The molecule has 20 heavy (non-hydrogen) atoms. The highest BCUT2D eigenvalue weighted by Gasteiger charge is 2.23. The Bertz CT molecular complexity index is 744. The summed E-state index contributed by atoms with van der Waals surface area (Å²) in [6.07, 6.45) is 0. The molecule has 0 bridgehead atoms. The third-order valence-corrected chi connectivity index (χ3v) is 3.43. The molecule has 2 aromatic carbocycles. The van der Waals surface area contributed by atoms with E-state index in [1.54, 1.807) is 0 Å². The molecule has 0 radical (unpaired) electrons. The first kappa shape index (κ1) is 11.2. The van der Waals surface area contributed by atoms with Crippen molar-refractivity contribution in [3.8, 4) is 0 Å². The smallest absolute Gasteiger partial charge is 0.253 e. The van der Waals surface area contributed by atoms with Crippen molar-refractivity contribution in [3.63, 3.8) is 0 Å². The molecule has 0 fully saturated rings. The monoisotopic (exact) mass is 263 g/mol. The second-order valence-electron chi connectivity index (χ2n) is 4.77. The molecule has 1 aliphatic heterocycles. The molecular formula is C16H13N3O. The van der Waals surface area contributed by atoms with E-state index in [0.717, 1.165) is 11.0 Å². The lowest BCUT2D eigenvalue weighted by Gasteiger charge is -2.03. The first-order valence-electron chi connectivity index (χ1n) is 6.61. The van der Waals surface area contributed by atoms with Crippen molar-refractivity contribution >= 4 is 16.9 Å². The van der Waals surface area contributed by atoms with Crippen LogP contribution in [-0.4, -0.2) is 22.5 Å². The molecule has 4 nitrogen and oxygen atoms in total. The van der Waals surface area contributed by atoms with E-state index in [1.165, 1.54) is 5.56 Å². The number of fused-ring (bicyclic) bond motifs is 1. The van der Waals surface area contributed by atoms with Gasteiger partial charge in [-0.25, -0.2) is 9.98 Å². The van der Waals surface area contributed by atoms with Gasteiger partial charge in [-0.15, -0.1) is 0 Å². The largest absolute Gasteiger partial charge is 0.473 e. The van der Waals surface area contributed by atoms with E-state index in [9.17, 15) is 0 Å². The molecule has 0 spiro atoms. The zero-order chi connectivity index (χ0) is 13.4. The first-order valence-corrected chi connectivity index (χ1v) is 6.61. The summed E-state index contributed by atoms with van der Waals surface area (Å²) < 4.78 is 5.69. The highest BCUT2D eigenvalue weighted by Crippen LogP contribution is 2.24. The number of para-hydroxylation sites is 2. The predicted octanol–water partition coefficient (Wildman–Crippen LogP) is 3.08. The summed E-state index contributed by atoms with van der Waals surface area (Å²) in [5, 5.41) is 0.